The fourth-order valence-corrected chi connectivity index (χ4v) is 2.83. The zero-order valence-electron chi connectivity index (χ0n) is 8.12. The molecule has 76 valence electrons. The number of benzene rings is 1. The lowest BCUT2D eigenvalue weighted by Gasteiger charge is -2.28. The number of halogens is 1. The Balaban J connectivity index is 2.25. The number of aliphatic hydroxyl groups excluding tert-OH is 1. The monoisotopic (exact) mass is 254 g/mol. The second-order valence-corrected chi connectivity index (χ2v) is 4.83. The highest BCUT2D eigenvalue weighted by atomic mass is 79.9. The Hall–Kier alpha value is -0.340. The highest BCUT2D eigenvalue weighted by Gasteiger charge is 2.25. The van der Waals surface area contributed by atoms with Crippen molar-refractivity contribution in [3.8, 4) is 0 Å². The molecule has 2 rings (SSSR count). The van der Waals surface area contributed by atoms with Crippen LogP contribution in [0.1, 0.15) is 37.2 Å². The number of aliphatic hydroxyl groups is 1. The normalized spacial score (nSPS) is 27.6. The summed E-state index contributed by atoms with van der Waals surface area (Å²) in [7, 11) is 0. The highest BCUT2D eigenvalue weighted by molar-refractivity contribution is 9.10. The Morgan fingerprint density at radius 2 is 1.86 bits per heavy atom. The second kappa shape index (κ2) is 4.45. The van der Waals surface area contributed by atoms with Crippen LogP contribution in [0.5, 0.6) is 0 Å². The van der Waals surface area contributed by atoms with E-state index in [-0.39, 0.29) is 6.10 Å². The van der Waals surface area contributed by atoms with Gasteiger partial charge in [0.2, 0.25) is 0 Å². The van der Waals surface area contributed by atoms with Crippen molar-refractivity contribution >= 4 is 15.9 Å². The van der Waals surface area contributed by atoms with Crippen molar-refractivity contribution in [3.63, 3.8) is 0 Å². The van der Waals surface area contributed by atoms with Gasteiger partial charge in [0.25, 0.3) is 0 Å². The molecule has 0 bridgehead atoms. The Bertz CT molecular complexity index is 311. The summed E-state index contributed by atoms with van der Waals surface area (Å²) in [6.07, 6.45) is 4.32. The van der Waals surface area contributed by atoms with E-state index < -0.39 is 0 Å². The molecule has 1 aromatic carbocycles. The van der Waals surface area contributed by atoms with Crippen LogP contribution in [0.3, 0.4) is 0 Å². The van der Waals surface area contributed by atoms with E-state index in [1.54, 1.807) is 0 Å². The standard InChI is InChI=1S/C12H15BrO/c13-11-7-3-1-5-9(11)10-6-2-4-8-12(10)14/h1,3,5,7,10,12,14H,2,4,6,8H2/t10-,12+/m1/s1. The Morgan fingerprint density at radius 3 is 2.57 bits per heavy atom. The Morgan fingerprint density at radius 1 is 1.14 bits per heavy atom. The van der Waals surface area contributed by atoms with Crippen molar-refractivity contribution < 1.29 is 5.11 Å². The number of hydrogen-bond donors (Lipinski definition) is 1. The van der Waals surface area contributed by atoms with Crippen LogP contribution >= 0.6 is 15.9 Å². The van der Waals surface area contributed by atoms with Gasteiger partial charge in [-0.2, -0.15) is 0 Å². The van der Waals surface area contributed by atoms with E-state index in [1.807, 2.05) is 12.1 Å². The first-order valence-corrected chi connectivity index (χ1v) is 6.01. The van der Waals surface area contributed by atoms with E-state index in [9.17, 15) is 5.11 Å². The fraction of sp³-hybridized carbons (Fsp3) is 0.500. The lowest BCUT2D eigenvalue weighted by molar-refractivity contribution is 0.106. The van der Waals surface area contributed by atoms with Gasteiger partial charge in [-0.05, 0) is 24.5 Å². The van der Waals surface area contributed by atoms with Gasteiger partial charge in [-0.1, -0.05) is 47.0 Å². The van der Waals surface area contributed by atoms with Gasteiger partial charge >= 0.3 is 0 Å². The van der Waals surface area contributed by atoms with E-state index in [2.05, 4.69) is 28.1 Å². The van der Waals surface area contributed by atoms with Crippen molar-refractivity contribution in [1.82, 2.24) is 0 Å². The summed E-state index contributed by atoms with van der Waals surface area (Å²) in [6.45, 7) is 0. The molecule has 0 unspecified atom stereocenters. The summed E-state index contributed by atoms with van der Waals surface area (Å²) in [6, 6.07) is 8.23. The maximum absolute atomic E-state index is 9.93. The quantitative estimate of drug-likeness (QED) is 0.814. The van der Waals surface area contributed by atoms with Crippen LogP contribution in [0.2, 0.25) is 0 Å². The summed E-state index contributed by atoms with van der Waals surface area (Å²) in [4.78, 5) is 0. The minimum Gasteiger partial charge on any atom is -0.392 e. The molecule has 0 spiro atoms. The second-order valence-electron chi connectivity index (χ2n) is 3.98. The highest BCUT2D eigenvalue weighted by Crippen LogP contribution is 2.36. The minimum atomic E-state index is -0.151. The first-order valence-electron chi connectivity index (χ1n) is 5.21. The molecule has 0 heterocycles. The van der Waals surface area contributed by atoms with Gasteiger partial charge in [-0.15, -0.1) is 0 Å². The first-order chi connectivity index (χ1) is 6.79. The predicted molar refractivity (Wildman–Crippen MR) is 61.4 cm³/mol. The predicted octanol–water partition coefficient (Wildman–Crippen LogP) is 3.47. The molecule has 0 aromatic heterocycles. The van der Waals surface area contributed by atoms with Gasteiger partial charge in [0.15, 0.2) is 0 Å². The van der Waals surface area contributed by atoms with E-state index in [1.165, 1.54) is 18.4 Å². The van der Waals surface area contributed by atoms with Crippen molar-refractivity contribution in [2.24, 2.45) is 0 Å². The van der Waals surface area contributed by atoms with Crippen LogP contribution in [0.4, 0.5) is 0 Å². The molecule has 1 aliphatic carbocycles. The zero-order chi connectivity index (χ0) is 9.97. The van der Waals surface area contributed by atoms with E-state index >= 15 is 0 Å². The molecule has 1 fully saturated rings. The SMILES string of the molecule is O[C@H]1CCCC[C@@H]1c1ccccc1Br. The summed E-state index contributed by atoms with van der Waals surface area (Å²) in [5, 5.41) is 9.93. The van der Waals surface area contributed by atoms with Crippen LogP contribution in [0.25, 0.3) is 0 Å². The molecule has 1 aromatic rings. The van der Waals surface area contributed by atoms with Crippen LogP contribution in [0.15, 0.2) is 28.7 Å². The molecule has 0 radical (unpaired) electrons. The number of rotatable bonds is 1. The average molecular weight is 255 g/mol. The molecular formula is C12H15BrO. The van der Waals surface area contributed by atoms with E-state index in [4.69, 9.17) is 0 Å². The number of hydrogen-bond acceptors (Lipinski definition) is 1. The van der Waals surface area contributed by atoms with Crippen molar-refractivity contribution in [3.05, 3.63) is 34.3 Å². The minimum absolute atomic E-state index is 0.151. The topological polar surface area (TPSA) is 20.2 Å². The van der Waals surface area contributed by atoms with Crippen LogP contribution in [-0.4, -0.2) is 11.2 Å². The maximum atomic E-state index is 9.93. The van der Waals surface area contributed by atoms with E-state index in [0.29, 0.717) is 5.92 Å². The Labute approximate surface area is 93.3 Å². The fourth-order valence-electron chi connectivity index (χ4n) is 2.25. The summed E-state index contributed by atoms with van der Waals surface area (Å²) >= 11 is 3.55. The van der Waals surface area contributed by atoms with Gasteiger partial charge in [0.05, 0.1) is 6.10 Å². The molecule has 1 N–H and O–H groups in total. The van der Waals surface area contributed by atoms with Gasteiger partial charge in [-0.3, -0.25) is 0 Å². The van der Waals surface area contributed by atoms with Crippen molar-refractivity contribution in [2.75, 3.05) is 0 Å². The van der Waals surface area contributed by atoms with Gasteiger partial charge in [-0.25, -0.2) is 0 Å². The van der Waals surface area contributed by atoms with Gasteiger partial charge in [0.1, 0.15) is 0 Å². The third-order valence-corrected chi connectivity index (χ3v) is 3.76. The summed E-state index contributed by atoms with van der Waals surface area (Å²) < 4.78 is 1.13. The lowest BCUT2D eigenvalue weighted by Crippen LogP contribution is -2.22. The largest absolute Gasteiger partial charge is 0.392 e. The maximum Gasteiger partial charge on any atom is 0.0609 e. The Kier molecular flexibility index (Phi) is 3.24. The van der Waals surface area contributed by atoms with Crippen molar-refractivity contribution in [1.29, 1.82) is 0 Å². The molecule has 1 nitrogen and oxygen atoms in total. The van der Waals surface area contributed by atoms with Gasteiger partial charge in [0, 0.05) is 10.4 Å². The van der Waals surface area contributed by atoms with Crippen LogP contribution < -0.4 is 0 Å². The van der Waals surface area contributed by atoms with Gasteiger partial charge < -0.3 is 5.11 Å². The smallest absolute Gasteiger partial charge is 0.0609 e. The average Bonchev–Trinajstić information content (AvgIpc) is 2.20. The van der Waals surface area contributed by atoms with E-state index in [0.717, 1.165) is 17.3 Å². The van der Waals surface area contributed by atoms with Crippen LogP contribution in [-0.2, 0) is 0 Å². The molecule has 0 saturated heterocycles. The first kappa shape index (κ1) is 10.2. The van der Waals surface area contributed by atoms with Crippen molar-refractivity contribution in [2.45, 2.75) is 37.7 Å². The summed E-state index contributed by atoms with van der Waals surface area (Å²) in [5.74, 6) is 0.333. The molecule has 14 heavy (non-hydrogen) atoms. The molecular weight excluding hydrogens is 240 g/mol. The summed E-state index contributed by atoms with van der Waals surface area (Å²) in [5.41, 5.74) is 1.26. The lowest BCUT2D eigenvalue weighted by atomic mass is 9.82. The zero-order valence-corrected chi connectivity index (χ0v) is 9.70. The molecule has 2 atom stereocenters. The third-order valence-electron chi connectivity index (χ3n) is 3.03. The third kappa shape index (κ3) is 2.01. The van der Waals surface area contributed by atoms with Crippen LogP contribution in [0, 0.1) is 0 Å². The molecule has 2 heteroatoms. The molecule has 1 aliphatic rings. The molecule has 0 amide bonds. The molecule has 1 saturated carbocycles. The molecule has 0 aliphatic heterocycles.